The number of aromatic nitrogens is 2. The number of rotatable bonds is 7. The Morgan fingerprint density at radius 1 is 1.18 bits per heavy atom. The Morgan fingerprint density at radius 2 is 2.00 bits per heavy atom. The molecule has 0 atom stereocenters. The first-order chi connectivity index (χ1) is 16.5. The lowest BCUT2D eigenvalue weighted by atomic mass is 10.2. The van der Waals surface area contributed by atoms with Crippen LogP contribution in [0.1, 0.15) is 0 Å². The summed E-state index contributed by atoms with van der Waals surface area (Å²) in [6.07, 6.45) is 0. The van der Waals surface area contributed by atoms with Gasteiger partial charge >= 0.3 is 0 Å². The highest BCUT2D eigenvalue weighted by atomic mass is 32.2. The Kier molecular flexibility index (Phi) is 5.68. The lowest BCUT2D eigenvalue weighted by molar-refractivity contribution is -0.384. The molecule has 2 heterocycles. The Hall–Kier alpha value is -4.25. The van der Waals surface area contributed by atoms with Gasteiger partial charge in [0.05, 0.1) is 34.5 Å². The summed E-state index contributed by atoms with van der Waals surface area (Å²) in [7, 11) is 1.56. The zero-order valence-electron chi connectivity index (χ0n) is 17.9. The molecule has 3 aromatic carbocycles. The maximum absolute atomic E-state index is 12.7. The minimum Gasteiger partial charge on any atom is -0.495 e. The Morgan fingerprint density at radius 3 is 2.82 bits per heavy atom. The molecule has 0 radical (unpaired) electrons. The smallest absolute Gasteiger partial charge is 0.271 e. The summed E-state index contributed by atoms with van der Waals surface area (Å²) in [4.78, 5) is 28.0. The van der Waals surface area contributed by atoms with Crippen molar-refractivity contribution in [1.29, 1.82) is 0 Å². The lowest BCUT2D eigenvalue weighted by Crippen LogP contribution is -2.14. The van der Waals surface area contributed by atoms with E-state index >= 15 is 0 Å². The van der Waals surface area contributed by atoms with Crippen molar-refractivity contribution in [3.8, 4) is 22.9 Å². The maximum atomic E-state index is 12.7. The number of hydrogen-bond donors (Lipinski definition) is 1. The number of nitrogens with one attached hydrogen (secondary N) is 1. The molecule has 0 spiro atoms. The van der Waals surface area contributed by atoms with Gasteiger partial charge in [0, 0.05) is 23.9 Å². The number of carbonyl (C=O) groups excluding carboxylic acids is 1. The first-order valence-corrected chi connectivity index (χ1v) is 11.1. The molecule has 4 aromatic rings. The predicted octanol–water partition coefficient (Wildman–Crippen LogP) is 4.40. The number of ether oxygens (including phenoxy) is 3. The van der Waals surface area contributed by atoms with Crippen LogP contribution in [-0.4, -0.2) is 40.0 Å². The molecule has 1 aliphatic rings. The van der Waals surface area contributed by atoms with Gasteiger partial charge in [0.25, 0.3) is 5.69 Å². The van der Waals surface area contributed by atoms with Crippen molar-refractivity contribution in [2.24, 2.45) is 0 Å². The van der Waals surface area contributed by atoms with E-state index in [1.807, 2.05) is 28.8 Å². The van der Waals surface area contributed by atoms with Crippen LogP contribution >= 0.6 is 11.8 Å². The average molecular weight is 478 g/mol. The van der Waals surface area contributed by atoms with Crippen LogP contribution in [0.3, 0.4) is 0 Å². The van der Waals surface area contributed by atoms with E-state index in [1.165, 1.54) is 23.9 Å². The topological polar surface area (TPSA) is 118 Å². The second kappa shape index (κ2) is 8.94. The largest absolute Gasteiger partial charge is 0.495 e. The molecule has 0 saturated carbocycles. The molecule has 1 amide bonds. The van der Waals surface area contributed by atoms with Crippen LogP contribution in [0.2, 0.25) is 0 Å². The SMILES string of the molecule is COc1ccccc1-n1c(SCC(=O)Nc2ccc3c(c2)OCO3)nc2cc([N+](=O)[O-])ccc21. The fraction of sp³-hybridized carbons (Fsp3) is 0.130. The number of hydrogen-bond acceptors (Lipinski definition) is 8. The number of anilines is 1. The summed E-state index contributed by atoms with van der Waals surface area (Å²) in [6, 6.07) is 17.0. The van der Waals surface area contributed by atoms with Crippen LogP contribution in [0.4, 0.5) is 11.4 Å². The number of thioether (sulfide) groups is 1. The summed E-state index contributed by atoms with van der Waals surface area (Å²) >= 11 is 1.21. The van der Waals surface area contributed by atoms with Crippen molar-refractivity contribution in [1.82, 2.24) is 9.55 Å². The van der Waals surface area contributed by atoms with E-state index < -0.39 is 4.92 Å². The zero-order valence-corrected chi connectivity index (χ0v) is 18.7. The van der Waals surface area contributed by atoms with E-state index in [1.54, 1.807) is 31.4 Å². The number of para-hydroxylation sites is 2. The van der Waals surface area contributed by atoms with Crippen LogP contribution in [0.15, 0.2) is 65.8 Å². The quantitative estimate of drug-likeness (QED) is 0.236. The summed E-state index contributed by atoms with van der Waals surface area (Å²) < 4.78 is 18.0. The second-order valence-electron chi connectivity index (χ2n) is 7.24. The molecule has 0 fully saturated rings. The van der Waals surface area contributed by atoms with Gasteiger partial charge < -0.3 is 19.5 Å². The van der Waals surface area contributed by atoms with Crippen molar-refractivity contribution in [3.05, 3.63) is 70.8 Å². The third kappa shape index (κ3) is 4.08. The van der Waals surface area contributed by atoms with Crippen LogP contribution in [0.25, 0.3) is 16.7 Å². The number of carbonyl (C=O) groups is 1. The Balaban J connectivity index is 1.44. The Labute approximate surface area is 197 Å². The number of amides is 1. The predicted molar refractivity (Wildman–Crippen MR) is 126 cm³/mol. The molecule has 1 aromatic heterocycles. The molecular weight excluding hydrogens is 460 g/mol. The third-order valence-electron chi connectivity index (χ3n) is 5.13. The number of nitro benzene ring substituents is 1. The molecule has 0 bridgehead atoms. The van der Waals surface area contributed by atoms with Gasteiger partial charge in [-0.2, -0.15) is 0 Å². The van der Waals surface area contributed by atoms with E-state index in [0.29, 0.717) is 44.8 Å². The van der Waals surface area contributed by atoms with Gasteiger partial charge in [-0.1, -0.05) is 23.9 Å². The molecule has 11 heteroatoms. The first kappa shape index (κ1) is 21.6. The number of methoxy groups -OCH3 is 1. The normalized spacial score (nSPS) is 12.0. The van der Waals surface area contributed by atoms with Gasteiger partial charge in [-0.3, -0.25) is 19.5 Å². The van der Waals surface area contributed by atoms with E-state index in [2.05, 4.69) is 10.3 Å². The van der Waals surface area contributed by atoms with E-state index in [9.17, 15) is 14.9 Å². The molecular formula is C23H18N4O6S. The average Bonchev–Trinajstić information content (AvgIpc) is 3.46. The molecule has 34 heavy (non-hydrogen) atoms. The fourth-order valence-corrected chi connectivity index (χ4v) is 4.43. The molecule has 0 aliphatic carbocycles. The van der Waals surface area contributed by atoms with Gasteiger partial charge in [-0.15, -0.1) is 0 Å². The highest BCUT2D eigenvalue weighted by molar-refractivity contribution is 7.99. The van der Waals surface area contributed by atoms with Crippen molar-refractivity contribution < 1.29 is 23.9 Å². The molecule has 1 N–H and O–H groups in total. The van der Waals surface area contributed by atoms with Crippen molar-refractivity contribution >= 4 is 40.1 Å². The van der Waals surface area contributed by atoms with Gasteiger partial charge in [0.1, 0.15) is 5.75 Å². The summed E-state index contributed by atoms with van der Waals surface area (Å²) in [6.45, 7) is 0.153. The molecule has 0 saturated heterocycles. The van der Waals surface area contributed by atoms with Crippen molar-refractivity contribution in [3.63, 3.8) is 0 Å². The maximum Gasteiger partial charge on any atom is 0.271 e. The number of nitro groups is 1. The van der Waals surface area contributed by atoms with Crippen molar-refractivity contribution in [2.45, 2.75) is 5.16 Å². The van der Waals surface area contributed by atoms with Crippen LogP contribution in [0, 0.1) is 10.1 Å². The molecule has 172 valence electrons. The third-order valence-corrected chi connectivity index (χ3v) is 6.07. The number of non-ortho nitro benzene ring substituents is 1. The highest BCUT2D eigenvalue weighted by Crippen LogP contribution is 2.35. The monoisotopic (exact) mass is 478 g/mol. The number of benzene rings is 3. The zero-order chi connectivity index (χ0) is 23.7. The van der Waals surface area contributed by atoms with Gasteiger partial charge in [0.2, 0.25) is 12.7 Å². The summed E-state index contributed by atoms with van der Waals surface area (Å²) in [5.74, 6) is 1.63. The first-order valence-electron chi connectivity index (χ1n) is 10.2. The summed E-state index contributed by atoms with van der Waals surface area (Å²) in [5, 5.41) is 14.6. The van der Waals surface area contributed by atoms with Gasteiger partial charge in [-0.25, -0.2) is 4.98 Å². The van der Waals surface area contributed by atoms with Gasteiger partial charge in [-0.05, 0) is 30.3 Å². The lowest BCUT2D eigenvalue weighted by Gasteiger charge is -2.13. The number of imidazole rings is 1. The minimum absolute atomic E-state index is 0.0609. The molecule has 0 unspecified atom stereocenters. The standard InChI is InChI=1S/C23H18N4O6S/c1-31-19-5-3-2-4-18(19)26-17-8-7-15(27(29)30)11-16(17)25-23(26)34-12-22(28)24-14-6-9-20-21(10-14)33-13-32-20/h2-11H,12-13H2,1H3,(H,24,28). The van der Waals surface area contributed by atoms with E-state index in [-0.39, 0.29) is 24.1 Å². The number of fused-ring (bicyclic) bond motifs is 2. The Bertz CT molecular complexity index is 1420. The van der Waals surface area contributed by atoms with Crippen molar-refractivity contribution in [2.75, 3.05) is 25.0 Å². The summed E-state index contributed by atoms with van der Waals surface area (Å²) in [5.41, 5.74) is 2.34. The molecule has 1 aliphatic heterocycles. The number of nitrogens with zero attached hydrogens (tertiary/aromatic N) is 3. The van der Waals surface area contributed by atoms with Crippen LogP contribution in [0.5, 0.6) is 17.2 Å². The fourth-order valence-electron chi connectivity index (χ4n) is 3.61. The minimum atomic E-state index is -0.465. The molecule has 10 nitrogen and oxygen atoms in total. The second-order valence-corrected chi connectivity index (χ2v) is 8.18. The van der Waals surface area contributed by atoms with Crippen LogP contribution in [-0.2, 0) is 4.79 Å². The van der Waals surface area contributed by atoms with Crippen LogP contribution < -0.4 is 19.5 Å². The van der Waals surface area contributed by atoms with Gasteiger partial charge in [0.15, 0.2) is 16.7 Å². The van der Waals surface area contributed by atoms with E-state index in [0.717, 1.165) is 0 Å². The highest BCUT2D eigenvalue weighted by Gasteiger charge is 2.20. The molecule has 5 rings (SSSR count). The van der Waals surface area contributed by atoms with E-state index in [4.69, 9.17) is 14.2 Å².